The molecular formula is C19H20F2N2O4S. The van der Waals surface area contributed by atoms with Crippen molar-refractivity contribution in [2.24, 2.45) is 5.92 Å². The zero-order chi connectivity index (χ0) is 20.9. The van der Waals surface area contributed by atoms with Gasteiger partial charge in [0.25, 0.3) is 5.91 Å². The number of anilines is 1. The summed E-state index contributed by atoms with van der Waals surface area (Å²) in [5.41, 5.74) is 1.58. The zero-order valence-corrected chi connectivity index (χ0v) is 16.1. The van der Waals surface area contributed by atoms with E-state index in [0.717, 1.165) is 17.7 Å². The SMILES string of the molecule is CC(C)C(=O)Nc1ccc(CNC(=O)c2ccc(S(=O)(=O)C(F)F)cc2)cc1. The number of hydrogen-bond donors (Lipinski definition) is 2. The van der Waals surface area contributed by atoms with Gasteiger partial charge in [0, 0.05) is 23.7 Å². The van der Waals surface area contributed by atoms with Crippen LogP contribution in [0.2, 0.25) is 0 Å². The standard InChI is InChI=1S/C19H20F2N2O4S/c1-12(2)17(24)23-15-7-3-13(4-8-15)11-22-18(25)14-5-9-16(10-6-14)28(26,27)19(20)21/h3-10,12,19H,11H2,1-2H3,(H,22,25)(H,23,24). The molecule has 0 fully saturated rings. The van der Waals surface area contributed by atoms with Gasteiger partial charge in [-0.25, -0.2) is 8.42 Å². The second-order valence-corrected chi connectivity index (χ2v) is 8.27. The molecule has 0 atom stereocenters. The highest BCUT2D eigenvalue weighted by Gasteiger charge is 2.26. The van der Waals surface area contributed by atoms with Gasteiger partial charge in [0.2, 0.25) is 15.7 Å². The Kier molecular flexibility index (Phi) is 6.85. The molecule has 2 N–H and O–H groups in total. The van der Waals surface area contributed by atoms with Gasteiger partial charge in [-0.3, -0.25) is 9.59 Å². The number of sulfone groups is 1. The first-order chi connectivity index (χ1) is 13.1. The van der Waals surface area contributed by atoms with Crippen LogP contribution in [0.4, 0.5) is 14.5 Å². The van der Waals surface area contributed by atoms with Gasteiger partial charge in [0.15, 0.2) is 0 Å². The molecule has 0 aromatic heterocycles. The van der Waals surface area contributed by atoms with E-state index in [0.29, 0.717) is 5.69 Å². The number of carbonyl (C=O) groups excluding carboxylic acids is 2. The molecule has 0 heterocycles. The fraction of sp³-hybridized carbons (Fsp3) is 0.263. The van der Waals surface area contributed by atoms with Crippen molar-refractivity contribution in [1.82, 2.24) is 5.32 Å². The Morgan fingerprint density at radius 3 is 2.04 bits per heavy atom. The first-order valence-corrected chi connectivity index (χ1v) is 9.96. The third-order valence-corrected chi connectivity index (χ3v) is 5.28. The lowest BCUT2D eigenvalue weighted by Crippen LogP contribution is -2.23. The van der Waals surface area contributed by atoms with Crippen molar-refractivity contribution < 1.29 is 26.8 Å². The number of alkyl halides is 2. The Balaban J connectivity index is 1.96. The molecule has 9 heteroatoms. The zero-order valence-electron chi connectivity index (χ0n) is 15.3. The Labute approximate surface area is 161 Å². The topological polar surface area (TPSA) is 92.3 Å². The van der Waals surface area contributed by atoms with Gasteiger partial charge >= 0.3 is 5.76 Å². The van der Waals surface area contributed by atoms with Crippen molar-refractivity contribution in [3.8, 4) is 0 Å². The molecule has 0 bridgehead atoms. The van der Waals surface area contributed by atoms with E-state index in [4.69, 9.17) is 0 Å². The summed E-state index contributed by atoms with van der Waals surface area (Å²) < 4.78 is 47.8. The predicted molar refractivity (Wildman–Crippen MR) is 101 cm³/mol. The summed E-state index contributed by atoms with van der Waals surface area (Å²) in [7, 11) is -4.69. The molecule has 2 amide bonds. The van der Waals surface area contributed by atoms with Gasteiger partial charge in [-0.2, -0.15) is 8.78 Å². The predicted octanol–water partition coefficient (Wildman–Crippen LogP) is 3.21. The van der Waals surface area contributed by atoms with E-state index in [-0.39, 0.29) is 23.9 Å². The highest BCUT2D eigenvalue weighted by Crippen LogP contribution is 2.18. The second-order valence-electron chi connectivity index (χ2n) is 6.35. The van der Waals surface area contributed by atoms with E-state index in [1.165, 1.54) is 12.1 Å². The van der Waals surface area contributed by atoms with E-state index >= 15 is 0 Å². The van der Waals surface area contributed by atoms with Crippen LogP contribution in [-0.2, 0) is 21.2 Å². The summed E-state index contributed by atoms with van der Waals surface area (Å²) in [6, 6.07) is 11.2. The highest BCUT2D eigenvalue weighted by atomic mass is 32.2. The third-order valence-electron chi connectivity index (χ3n) is 3.88. The fourth-order valence-electron chi connectivity index (χ4n) is 2.18. The number of nitrogens with one attached hydrogen (secondary N) is 2. The molecule has 0 aliphatic carbocycles. The number of rotatable bonds is 7. The maximum Gasteiger partial charge on any atom is 0.341 e. The van der Waals surface area contributed by atoms with Gasteiger partial charge in [0.05, 0.1) is 4.90 Å². The summed E-state index contributed by atoms with van der Waals surface area (Å²) in [5, 5.41) is 5.41. The average molecular weight is 410 g/mol. The van der Waals surface area contributed by atoms with Crippen molar-refractivity contribution in [3.05, 3.63) is 59.7 Å². The van der Waals surface area contributed by atoms with Crippen LogP contribution in [0.3, 0.4) is 0 Å². The summed E-state index contributed by atoms with van der Waals surface area (Å²) in [4.78, 5) is 23.2. The molecule has 0 aliphatic rings. The second kappa shape index (κ2) is 8.92. The number of benzene rings is 2. The van der Waals surface area contributed by atoms with Crippen LogP contribution in [0, 0.1) is 5.92 Å². The minimum Gasteiger partial charge on any atom is -0.348 e. The molecule has 0 unspecified atom stereocenters. The minimum atomic E-state index is -4.69. The summed E-state index contributed by atoms with van der Waals surface area (Å²) >= 11 is 0. The number of halogens is 2. The van der Waals surface area contributed by atoms with Crippen molar-refractivity contribution in [2.45, 2.75) is 31.0 Å². The van der Waals surface area contributed by atoms with Crippen LogP contribution >= 0.6 is 0 Å². The lowest BCUT2D eigenvalue weighted by molar-refractivity contribution is -0.118. The fourth-order valence-corrected chi connectivity index (χ4v) is 2.90. The molecule has 0 spiro atoms. The van der Waals surface area contributed by atoms with Crippen molar-refractivity contribution in [1.29, 1.82) is 0 Å². The van der Waals surface area contributed by atoms with Crippen LogP contribution in [0.1, 0.15) is 29.8 Å². The maximum atomic E-state index is 12.5. The van der Waals surface area contributed by atoms with Gasteiger partial charge in [-0.05, 0) is 42.0 Å². The van der Waals surface area contributed by atoms with E-state index in [1.54, 1.807) is 38.1 Å². The average Bonchev–Trinajstić information content (AvgIpc) is 2.67. The largest absolute Gasteiger partial charge is 0.348 e. The Morgan fingerprint density at radius 1 is 0.964 bits per heavy atom. The highest BCUT2D eigenvalue weighted by molar-refractivity contribution is 7.91. The molecule has 0 saturated heterocycles. The number of carbonyl (C=O) groups is 2. The summed E-state index contributed by atoms with van der Waals surface area (Å²) in [6.07, 6.45) is 0. The van der Waals surface area contributed by atoms with E-state index in [9.17, 15) is 26.8 Å². The van der Waals surface area contributed by atoms with Crippen LogP contribution in [0.15, 0.2) is 53.4 Å². The number of amides is 2. The molecule has 6 nitrogen and oxygen atoms in total. The number of hydrogen-bond acceptors (Lipinski definition) is 4. The van der Waals surface area contributed by atoms with Gasteiger partial charge < -0.3 is 10.6 Å². The smallest absolute Gasteiger partial charge is 0.341 e. The van der Waals surface area contributed by atoms with E-state index < -0.39 is 26.4 Å². The van der Waals surface area contributed by atoms with Crippen LogP contribution in [-0.4, -0.2) is 26.0 Å². The lowest BCUT2D eigenvalue weighted by atomic mass is 10.1. The molecule has 2 aromatic carbocycles. The molecule has 0 radical (unpaired) electrons. The Hall–Kier alpha value is -2.81. The third kappa shape index (κ3) is 5.35. The molecule has 2 rings (SSSR count). The van der Waals surface area contributed by atoms with Gasteiger partial charge in [0.1, 0.15) is 0 Å². The summed E-state index contributed by atoms with van der Waals surface area (Å²) in [6.45, 7) is 3.78. The molecule has 0 saturated carbocycles. The first-order valence-electron chi connectivity index (χ1n) is 8.41. The Bertz CT molecular complexity index is 941. The molecule has 150 valence electrons. The first kappa shape index (κ1) is 21.5. The van der Waals surface area contributed by atoms with E-state index in [1.807, 2.05) is 0 Å². The van der Waals surface area contributed by atoms with Crippen molar-refractivity contribution in [3.63, 3.8) is 0 Å². The quantitative estimate of drug-likeness (QED) is 0.733. The van der Waals surface area contributed by atoms with Crippen molar-refractivity contribution in [2.75, 3.05) is 5.32 Å². The van der Waals surface area contributed by atoms with Crippen LogP contribution in [0.5, 0.6) is 0 Å². The van der Waals surface area contributed by atoms with Crippen molar-refractivity contribution >= 4 is 27.3 Å². The van der Waals surface area contributed by atoms with Crippen LogP contribution < -0.4 is 10.6 Å². The van der Waals surface area contributed by atoms with Crippen LogP contribution in [0.25, 0.3) is 0 Å². The molecule has 0 aliphatic heterocycles. The molecule has 28 heavy (non-hydrogen) atoms. The monoisotopic (exact) mass is 410 g/mol. The molecule has 2 aromatic rings. The maximum absolute atomic E-state index is 12.5. The van der Waals surface area contributed by atoms with Gasteiger partial charge in [-0.1, -0.05) is 26.0 Å². The molecular weight excluding hydrogens is 390 g/mol. The summed E-state index contributed by atoms with van der Waals surface area (Å²) in [5.74, 6) is -4.22. The van der Waals surface area contributed by atoms with E-state index in [2.05, 4.69) is 10.6 Å². The van der Waals surface area contributed by atoms with Gasteiger partial charge in [-0.15, -0.1) is 0 Å². The minimum absolute atomic E-state index is 0.0987. The lowest BCUT2D eigenvalue weighted by Gasteiger charge is -2.09. The normalized spacial score (nSPS) is 11.5. The Morgan fingerprint density at radius 2 is 1.54 bits per heavy atom.